The van der Waals surface area contributed by atoms with Crippen LogP contribution in [0.3, 0.4) is 0 Å². The van der Waals surface area contributed by atoms with Crippen molar-refractivity contribution >= 4 is 5.91 Å². The van der Waals surface area contributed by atoms with E-state index in [2.05, 4.69) is 5.32 Å². The van der Waals surface area contributed by atoms with Crippen LogP contribution in [-0.2, 0) is 4.79 Å². The van der Waals surface area contributed by atoms with E-state index in [9.17, 15) is 4.79 Å². The van der Waals surface area contributed by atoms with Crippen molar-refractivity contribution < 1.29 is 4.79 Å². The number of hydrogen-bond donors (Lipinski definition) is 3. The molecule has 0 unspecified atom stereocenters. The van der Waals surface area contributed by atoms with Gasteiger partial charge in [0.05, 0.1) is 5.41 Å². The molecule has 4 nitrogen and oxygen atoms in total. The third-order valence-corrected chi connectivity index (χ3v) is 3.10. The third-order valence-electron chi connectivity index (χ3n) is 3.10. The number of rotatable bonds is 5. The average Bonchev–Trinajstić information content (AvgIpc) is 2.67. The summed E-state index contributed by atoms with van der Waals surface area (Å²) >= 11 is 0. The summed E-state index contributed by atoms with van der Waals surface area (Å²) in [5.41, 5.74) is 10.8. The molecule has 0 heterocycles. The zero-order chi connectivity index (χ0) is 10.4. The van der Waals surface area contributed by atoms with Gasteiger partial charge in [-0.3, -0.25) is 4.79 Å². The molecule has 1 saturated carbocycles. The van der Waals surface area contributed by atoms with E-state index in [0.29, 0.717) is 19.6 Å². The summed E-state index contributed by atoms with van der Waals surface area (Å²) < 4.78 is 0. The molecule has 1 aliphatic rings. The van der Waals surface area contributed by atoms with Gasteiger partial charge in [-0.1, -0.05) is 12.8 Å². The van der Waals surface area contributed by atoms with Crippen LogP contribution < -0.4 is 16.8 Å². The van der Waals surface area contributed by atoms with Crippen molar-refractivity contribution in [1.82, 2.24) is 5.32 Å². The molecule has 1 amide bonds. The molecule has 0 radical (unpaired) electrons. The molecule has 0 saturated heterocycles. The van der Waals surface area contributed by atoms with Crippen LogP contribution in [0.4, 0.5) is 0 Å². The molecule has 1 rings (SSSR count). The van der Waals surface area contributed by atoms with Crippen molar-refractivity contribution in [1.29, 1.82) is 0 Å². The number of carbonyl (C=O) groups excluding carboxylic acids is 1. The largest absolute Gasteiger partial charge is 0.356 e. The maximum absolute atomic E-state index is 11.8. The first-order valence-corrected chi connectivity index (χ1v) is 5.43. The minimum atomic E-state index is -0.269. The summed E-state index contributed by atoms with van der Waals surface area (Å²) in [6.45, 7) is 1.77. The molecule has 14 heavy (non-hydrogen) atoms. The number of hydrogen-bond acceptors (Lipinski definition) is 3. The molecule has 5 N–H and O–H groups in total. The van der Waals surface area contributed by atoms with Crippen molar-refractivity contribution in [3.05, 3.63) is 0 Å². The minimum Gasteiger partial charge on any atom is -0.356 e. The van der Waals surface area contributed by atoms with E-state index in [1.165, 1.54) is 0 Å². The van der Waals surface area contributed by atoms with Gasteiger partial charge in [-0.15, -0.1) is 0 Å². The average molecular weight is 199 g/mol. The molecule has 4 heteroatoms. The van der Waals surface area contributed by atoms with Gasteiger partial charge in [-0.25, -0.2) is 0 Å². The summed E-state index contributed by atoms with van der Waals surface area (Å²) in [4.78, 5) is 11.8. The Kier molecular flexibility index (Phi) is 4.35. The predicted octanol–water partition coefficient (Wildman–Crippen LogP) is -0.0295. The first-order chi connectivity index (χ1) is 6.75. The molecule has 0 aromatic rings. The second-order valence-corrected chi connectivity index (χ2v) is 4.09. The maximum atomic E-state index is 11.8. The zero-order valence-corrected chi connectivity index (χ0v) is 8.72. The Labute approximate surface area is 85.4 Å². The van der Waals surface area contributed by atoms with Gasteiger partial charge in [0.25, 0.3) is 0 Å². The zero-order valence-electron chi connectivity index (χ0n) is 8.72. The smallest absolute Gasteiger partial charge is 0.227 e. The maximum Gasteiger partial charge on any atom is 0.227 e. The van der Waals surface area contributed by atoms with Gasteiger partial charge < -0.3 is 16.8 Å². The molecule has 0 aromatic carbocycles. The van der Waals surface area contributed by atoms with Crippen molar-refractivity contribution in [2.75, 3.05) is 19.6 Å². The summed E-state index contributed by atoms with van der Waals surface area (Å²) in [6.07, 6.45) is 4.98. The van der Waals surface area contributed by atoms with Crippen molar-refractivity contribution in [2.45, 2.75) is 32.1 Å². The molecule has 1 aliphatic carbocycles. The molecule has 82 valence electrons. The Bertz CT molecular complexity index is 188. The number of nitrogens with one attached hydrogen (secondary N) is 1. The molecule has 0 atom stereocenters. The Morgan fingerprint density at radius 3 is 2.43 bits per heavy atom. The van der Waals surface area contributed by atoms with E-state index in [0.717, 1.165) is 32.1 Å². The Hall–Kier alpha value is -0.610. The fourth-order valence-electron chi connectivity index (χ4n) is 2.07. The number of carbonyl (C=O) groups is 1. The lowest BCUT2D eigenvalue weighted by Crippen LogP contribution is -2.44. The molecule has 1 fully saturated rings. The highest BCUT2D eigenvalue weighted by molar-refractivity contribution is 5.83. The monoisotopic (exact) mass is 199 g/mol. The lowest BCUT2D eigenvalue weighted by atomic mass is 9.85. The molecule has 0 aromatic heterocycles. The van der Waals surface area contributed by atoms with E-state index >= 15 is 0 Å². The van der Waals surface area contributed by atoms with E-state index in [4.69, 9.17) is 11.5 Å². The number of amides is 1. The number of nitrogens with two attached hydrogens (primary N) is 2. The van der Waals surface area contributed by atoms with Crippen molar-refractivity contribution in [3.8, 4) is 0 Å². The van der Waals surface area contributed by atoms with Crippen LogP contribution in [0.25, 0.3) is 0 Å². The van der Waals surface area contributed by atoms with Crippen LogP contribution in [-0.4, -0.2) is 25.5 Å². The van der Waals surface area contributed by atoms with Crippen molar-refractivity contribution in [3.63, 3.8) is 0 Å². The second-order valence-electron chi connectivity index (χ2n) is 4.09. The Morgan fingerprint density at radius 1 is 1.29 bits per heavy atom. The first kappa shape index (κ1) is 11.5. The highest BCUT2D eigenvalue weighted by Gasteiger charge is 2.39. The quantitative estimate of drug-likeness (QED) is 0.544. The third kappa shape index (κ3) is 2.45. The SMILES string of the molecule is NCCCNC(=O)C1(CN)CCCC1. The Balaban J connectivity index is 2.40. The van der Waals surface area contributed by atoms with Gasteiger partial charge >= 0.3 is 0 Å². The second kappa shape index (κ2) is 5.32. The van der Waals surface area contributed by atoms with Gasteiger partial charge in [-0.05, 0) is 25.8 Å². The summed E-state index contributed by atoms with van der Waals surface area (Å²) in [6, 6.07) is 0. The molecule has 0 bridgehead atoms. The van der Waals surface area contributed by atoms with Crippen molar-refractivity contribution in [2.24, 2.45) is 16.9 Å². The van der Waals surface area contributed by atoms with E-state index in [-0.39, 0.29) is 11.3 Å². The van der Waals surface area contributed by atoms with Crippen LogP contribution in [0.15, 0.2) is 0 Å². The summed E-state index contributed by atoms with van der Waals surface area (Å²) in [7, 11) is 0. The van der Waals surface area contributed by atoms with Crippen LogP contribution in [0.5, 0.6) is 0 Å². The normalized spacial score (nSPS) is 19.6. The predicted molar refractivity (Wildman–Crippen MR) is 56.6 cm³/mol. The van der Waals surface area contributed by atoms with E-state index in [1.807, 2.05) is 0 Å². The molecule has 0 aliphatic heterocycles. The summed E-state index contributed by atoms with van der Waals surface area (Å²) in [5.74, 6) is 0.131. The molecular weight excluding hydrogens is 178 g/mol. The van der Waals surface area contributed by atoms with Crippen LogP contribution in [0, 0.1) is 5.41 Å². The van der Waals surface area contributed by atoms with E-state index < -0.39 is 0 Å². The highest BCUT2D eigenvalue weighted by Crippen LogP contribution is 2.37. The fourth-order valence-corrected chi connectivity index (χ4v) is 2.07. The topological polar surface area (TPSA) is 81.1 Å². The van der Waals surface area contributed by atoms with Gasteiger partial charge in [0.15, 0.2) is 0 Å². The lowest BCUT2D eigenvalue weighted by molar-refractivity contribution is -0.130. The van der Waals surface area contributed by atoms with Crippen LogP contribution in [0.2, 0.25) is 0 Å². The van der Waals surface area contributed by atoms with Gasteiger partial charge in [-0.2, -0.15) is 0 Å². The molecule has 0 spiro atoms. The van der Waals surface area contributed by atoms with Crippen LogP contribution >= 0.6 is 0 Å². The molecular formula is C10H21N3O. The van der Waals surface area contributed by atoms with Gasteiger partial charge in [0.1, 0.15) is 0 Å². The highest BCUT2D eigenvalue weighted by atomic mass is 16.2. The Morgan fingerprint density at radius 2 is 1.93 bits per heavy atom. The fraction of sp³-hybridized carbons (Fsp3) is 0.900. The lowest BCUT2D eigenvalue weighted by Gasteiger charge is -2.25. The summed E-state index contributed by atoms with van der Waals surface area (Å²) in [5, 5.41) is 2.92. The van der Waals surface area contributed by atoms with E-state index in [1.54, 1.807) is 0 Å². The minimum absolute atomic E-state index is 0.131. The van der Waals surface area contributed by atoms with Gasteiger partial charge in [0.2, 0.25) is 5.91 Å². The van der Waals surface area contributed by atoms with Gasteiger partial charge in [0, 0.05) is 13.1 Å². The van der Waals surface area contributed by atoms with Crippen LogP contribution in [0.1, 0.15) is 32.1 Å². The first-order valence-electron chi connectivity index (χ1n) is 5.43. The standard InChI is InChI=1S/C10H21N3O/c11-6-3-7-13-9(14)10(8-12)4-1-2-5-10/h1-8,11-12H2,(H,13,14).